The summed E-state index contributed by atoms with van der Waals surface area (Å²) in [5.74, 6) is 0.919. The molecule has 1 amide bonds. The Bertz CT molecular complexity index is 351. The number of hydrogen-bond donors (Lipinski definition) is 1. The van der Waals surface area contributed by atoms with E-state index < -0.39 is 0 Å². The molecule has 0 aromatic rings. The fraction of sp³-hybridized carbons (Fsp3) is 0.875. The Morgan fingerprint density at radius 1 is 0.900 bits per heavy atom. The van der Waals surface area contributed by atoms with E-state index in [0.29, 0.717) is 11.8 Å². The maximum Gasteiger partial charge on any atom is 0.309 e. The molecule has 0 aliphatic heterocycles. The molecule has 2 fully saturated rings. The fourth-order valence-electron chi connectivity index (χ4n) is 3.84. The molecule has 0 aromatic heterocycles. The first kappa shape index (κ1) is 15.3. The van der Waals surface area contributed by atoms with Gasteiger partial charge in [0, 0.05) is 5.92 Å². The maximum absolute atomic E-state index is 12.2. The van der Waals surface area contributed by atoms with E-state index in [0.717, 1.165) is 38.5 Å². The maximum atomic E-state index is 12.2. The van der Waals surface area contributed by atoms with Crippen LogP contribution in [0.15, 0.2) is 0 Å². The third kappa shape index (κ3) is 3.97. The zero-order valence-corrected chi connectivity index (χ0v) is 12.6. The minimum Gasteiger partial charge on any atom is -0.462 e. The molecule has 0 saturated heterocycles. The summed E-state index contributed by atoms with van der Waals surface area (Å²) >= 11 is 0. The van der Waals surface area contributed by atoms with Crippen LogP contribution in [0.4, 0.5) is 0 Å². The lowest BCUT2D eigenvalue weighted by molar-refractivity contribution is -0.159. The number of carbonyl (C=O) groups is 2. The fourth-order valence-corrected chi connectivity index (χ4v) is 3.84. The SMILES string of the molecule is C[C@@H]1CC(OC(=O)C2CCC(C(N)=O)CC2)C[C@H](C)C1. The number of ether oxygens (including phenoxy) is 1. The summed E-state index contributed by atoms with van der Waals surface area (Å²) in [7, 11) is 0. The number of hydrogen-bond acceptors (Lipinski definition) is 3. The van der Waals surface area contributed by atoms with E-state index in [1.807, 2.05) is 0 Å². The summed E-state index contributed by atoms with van der Waals surface area (Å²) in [5.41, 5.74) is 5.31. The molecule has 2 aliphatic carbocycles. The summed E-state index contributed by atoms with van der Waals surface area (Å²) in [6.45, 7) is 4.46. The van der Waals surface area contributed by atoms with Gasteiger partial charge in [-0.3, -0.25) is 9.59 Å². The van der Waals surface area contributed by atoms with Gasteiger partial charge in [0.15, 0.2) is 0 Å². The molecule has 0 aromatic carbocycles. The average Bonchev–Trinajstić information content (AvgIpc) is 2.37. The van der Waals surface area contributed by atoms with Gasteiger partial charge in [-0.25, -0.2) is 0 Å². The zero-order chi connectivity index (χ0) is 14.7. The molecule has 0 spiro atoms. The van der Waals surface area contributed by atoms with Crippen molar-refractivity contribution in [2.24, 2.45) is 29.4 Å². The highest BCUT2D eigenvalue weighted by Crippen LogP contribution is 2.33. The second-order valence-corrected chi connectivity index (χ2v) is 6.93. The van der Waals surface area contributed by atoms with Crippen molar-refractivity contribution in [1.29, 1.82) is 0 Å². The Hall–Kier alpha value is -1.06. The molecule has 20 heavy (non-hydrogen) atoms. The Morgan fingerprint density at radius 3 is 1.90 bits per heavy atom. The van der Waals surface area contributed by atoms with Crippen molar-refractivity contribution in [1.82, 2.24) is 0 Å². The molecule has 4 heteroatoms. The van der Waals surface area contributed by atoms with Gasteiger partial charge in [0.25, 0.3) is 0 Å². The van der Waals surface area contributed by atoms with Crippen LogP contribution in [-0.2, 0) is 14.3 Å². The van der Waals surface area contributed by atoms with Crippen LogP contribution in [0.2, 0.25) is 0 Å². The molecule has 2 rings (SSSR count). The van der Waals surface area contributed by atoms with Crippen molar-refractivity contribution in [3.05, 3.63) is 0 Å². The summed E-state index contributed by atoms with van der Waals surface area (Å²) in [5, 5.41) is 0. The number of rotatable bonds is 3. The minimum atomic E-state index is -0.230. The molecular weight excluding hydrogens is 254 g/mol. The van der Waals surface area contributed by atoms with Crippen LogP contribution in [0.3, 0.4) is 0 Å². The molecule has 1 unspecified atom stereocenters. The Labute approximate surface area is 121 Å². The quantitative estimate of drug-likeness (QED) is 0.808. The van der Waals surface area contributed by atoms with Gasteiger partial charge < -0.3 is 10.5 Å². The average molecular weight is 281 g/mol. The minimum absolute atomic E-state index is 0.0295. The van der Waals surface area contributed by atoms with Gasteiger partial charge in [-0.15, -0.1) is 0 Å². The molecular formula is C16H27NO3. The molecule has 2 saturated carbocycles. The van der Waals surface area contributed by atoms with Crippen molar-refractivity contribution in [2.45, 2.75) is 64.9 Å². The van der Waals surface area contributed by atoms with E-state index in [1.165, 1.54) is 6.42 Å². The predicted molar refractivity (Wildman–Crippen MR) is 76.7 cm³/mol. The monoisotopic (exact) mass is 281 g/mol. The molecule has 0 heterocycles. The number of nitrogens with two attached hydrogens (primary N) is 1. The van der Waals surface area contributed by atoms with E-state index in [2.05, 4.69) is 13.8 Å². The Balaban J connectivity index is 1.79. The largest absolute Gasteiger partial charge is 0.462 e. The van der Waals surface area contributed by atoms with E-state index in [4.69, 9.17) is 10.5 Å². The van der Waals surface area contributed by atoms with E-state index in [9.17, 15) is 9.59 Å². The van der Waals surface area contributed by atoms with Gasteiger partial charge in [0.2, 0.25) is 5.91 Å². The molecule has 2 aliphatic rings. The molecule has 2 N–H and O–H groups in total. The summed E-state index contributed by atoms with van der Waals surface area (Å²) in [6.07, 6.45) is 6.25. The first-order chi connectivity index (χ1) is 9.45. The molecule has 0 bridgehead atoms. The highest BCUT2D eigenvalue weighted by molar-refractivity contribution is 5.77. The Morgan fingerprint density at radius 2 is 1.40 bits per heavy atom. The van der Waals surface area contributed by atoms with Crippen molar-refractivity contribution >= 4 is 11.9 Å². The van der Waals surface area contributed by atoms with Gasteiger partial charge in [0.05, 0.1) is 5.92 Å². The normalized spacial score (nSPS) is 38.2. The van der Waals surface area contributed by atoms with Gasteiger partial charge in [-0.2, -0.15) is 0 Å². The van der Waals surface area contributed by atoms with Crippen LogP contribution < -0.4 is 5.73 Å². The van der Waals surface area contributed by atoms with Crippen LogP contribution >= 0.6 is 0 Å². The van der Waals surface area contributed by atoms with Gasteiger partial charge in [-0.1, -0.05) is 13.8 Å². The number of amides is 1. The molecule has 3 atom stereocenters. The highest BCUT2D eigenvalue weighted by atomic mass is 16.5. The standard InChI is InChI=1S/C16H27NO3/c1-10-7-11(2)9-14(8-10)20-16(19)13-5-3-12(4-6-13)15(17)18/h10-14H,3-9H2,1-2H3,(H2,17,18)/t10-,11+,12?,13?,14?. The summed E-state index contributed by atoms with van der Waals surface area (Å²) in [4.78, 5) is 23.3. The number of carbonyl (C=O) groups excluding carboxylic acids is 2. The van der Waals surface area contributed by atoms with Crippen molar-refractivity contribution in [3.8, 4) is 0 Å². The lowest BCUT2D eigenvalue weighted by Crippen LogP contribution is -2.34. The van der Waals surface area contributed by atoms with Crippen LogP contribution in [0.25, 0.3) is 0 Å². The second-order valence-electron chi connectivity index (χ2n) is 6.93. The second kappa shape index (κ2) is 6.59. The molecule has 114 valence electrons. The third-order valence-corrected chi connectivity index (χ3v) is 4.88. The van der Waals surface area contributed by atoms with Crippen LogP contribution in [0.1, 0.15) is 58.8 Å². The highest BCUT2D eigenvalue weighted by Gasteiger charge is 2.32. The van der Waals surface area contributed by atoms with Crippen LogP contribution in [0.5, 0.6) is 0 Å². The van der Waals surface area contributed by atoms with Gasteiger partial charge >= 0.3 is 5.97 Å². The van der Waals surface area contributed by atoms with Gasteiger partial charge in [-0.05, 0) is 56.8 Å². The molecule has 0 radical (unpaired) electrons. The van der Waals surface area contributed by atoms with E-state index in [1.54, 1.807) is 0 Å². The first-order valence-corrected chi connectivity index (χ1v) is 7.95. The van der Waals surface area contributed by atoms with Crippen molar-refractivity contribution < 1.29 is 14.3 Å². The van der Waals surface area contributed by atoms with E-state index >= 15 is 0 Å². The number of esters is 1. The number of primary amides is 1. The van der Waals surface area contributed by atoms with Crippen LogP contribution in [0, 0.1) is 23.7 Å². The lowest BCUT2D eigenvalue weighted by atomic mass is 9.80. The topological polar surface area (TPSA) is 69.4 Å². The zero-order valence-electron chi connectivity index (χ0n) is 12.6. The summed E-state index contributed by atoms with van der Waals surface area (Å²) < 4.78 is 5.71. The van der Waals surface area contributed by atoms with Crippen molar-refractivity contribution in [2.75, 3.05) is 0 Å². The predicted octanol–water partition coefficient (Wildman–Crippen LogP) is 2.65. The molecule has 4 nitrogen and oxygen atoms in total. The summed E-state index contributed by atoms with van der Waals surface area (Å²) in [6, 6.07) is 0. The smallest absolute Gasteiger partial charge is 0.309 e. The first-order valence-electron chi connectivity index (χ1n) is 7.95. The van der Waals surface area contributed by atoms with Crippen molar-refractivity contribution in [3.63, 3.8) is 0 Å². The lowest BCUT2D eigenvalue weighted by Gasteiger charge is -2.33. The van der Waals surface area contributed by atoms with Gasteiger partial charge in [0.1, 0.15) is 6.10 Å². The Kier molecular flexibility index (Phi) is 5.06. The van der Waals surface area contributed by atoms with Crippen LogP contribution in [-0.4, -0.2) is 18.0 Å². The van der Waals surface area contributed by atoms with E-state index in [-0.39, 0.29) is 29.8 Å². The third-order valence-electron chi connectivity index (χ3n) is 4.88.